The number of imide groups is 1. The maximum absolute atomic E-state index is 12.1. The molecule has 1 aromatic rings. The van der Waals surface area contributed by atoms with E-state index in [2.05, 4.69) is 15.0 Å². The molecule has 1 heterocycles. The number of amides is 3. The number of nitrogens with zero attached hydrogens (tertiary/aromatic N) is 2. The third kappa shape index (κ3) is 6.34. The van der Waals surface area contributed by atoms with E-state index < -0.39 is 12.0 Å². The van der Waals surface area contributed by atoms with Crippen molar-refractivity contribution in [2.45, 2.75) is 0 Å². The van der Waals surface area contributed by atoms with Crippen LogP contribution in [-0.2, 0) is 19.1 Å². The van der Waals surface area contributed by atoms with E-state index in [9.17, 15) is 14.4 Å². The molecule has 0 unspecified atom stereocenters. The number of likely N-dealkylation sites (N-methyl/N-ethyl adjacent to an activating group) is 1. The van der Waals surface area contributed by atoms with Crippen LogP contribution in [0.1, 0.15) is 0 Å². The first-order chi connectivity index (χ1) is 12.5. The topological polar surface area (TPSA) is 100 Å². The van der Waals surface area contributed by atoms with Crippen LogP contribution in [0, 0.1) is 0 Å². The van der Waals surface area contributed by atoms with Crippen molar-refractivity contribution < 1.29 is 23.9 Å². The maximum atomic E-state index is 12.1. The highest BCUT2D eigenvalue weighted by atomic mass is 16.5. The number of hydrogen-bond donors (Lipinski definition) is 2. The molecule has 0 saturated carbocycles. The lowest BCUT2D eigenvalue weighted by atomic mass is 10.2. The maximum Gasteiger partial charge on any atom is 0.413 e. The molecule has 0 aromatic heterocycles. The van der Waals surface area contributed by atoms with Crippen LogP contribution in [0.2, 0.25) is 0 Å². The molecular formula is C17H24N4O5. The zero-order valence-corrected chi connectivity index (χ0v) is 15.0. The van der Waals surface area contributed by atoms with E-state index in [4.69, 9.17) is 4.74 Å². The summed E-state index contributed by atoms with van der Waals surface area (Å²) in [5.41, 5.74) is 1.77. The van der Waals surface area contributed by atoms with Crippen LogP contribution in [0.25, 0.3) is 0 Å². The number of morpholine rings is 1. The molecule has 0 spiro atoms. The van der Waals surface area contributed by atoms with Crippen LogP contribution in [0.3, 0.4) is 0 Å². The Labute approximate surface area is 152 Å². The summed E-state index contributed by atoms with van der Waals surface area (Å²) in [4.78, 5) is 38.3. The van der Waals surface area contributed by atoms with Gasteiger partial charge in [-0.25, -0.2) is 4.79 Å². The van der Waals surface area contributed by atoms with Crippen molar-refractivity contribution in [2.24, 2.45) is 0 Å². The summed E-state index contributed by atoms with van der Waals surface area (Å²) in [5.74, 6) is -0.792. The molecule has 0 atom stereocenters. The number of anilines is 2. The van der Waals surface area contributed by atoms with Gasteiger partial charge in [-0.15, -0.1) is 0 Å². The smallest absolute Gasteiger partial charge is 0.413 e. The van der Waals surface area contributed by atoms with Gasteiger partial charge < -0.3 is 19.7 Å². The minimum Gasteiger partial charge on any atom is -0.453 e. The van der Waals surface area contributed by atoms with E-state index in [1.54, 1.807) is 7.05 Å². The highest BCUT2D eigenvalue weighted by molar-refractivity contribution is 5.94. The Morgan fingerprint density at radius 2 is 1.73 bits per heavy atom. The summed E-state index contributed by atoms with van der Waals surface area (Å²) < 4.78 is 9.67. The Balaban J connectivity index is 1.77. The van der Waals surface area contributed by atoms with Gasteiger partial charge in [0.2, 0.25) is 11.8 Å². The molecule has 1 aromatic carbocycles. The zero-order chi connectivity index (χ0) is 18.9. The molecule has 3 amide bonds. The first kappa shape index (κ1) is 19.7. The molecule has 1 aliphatic rings. The van der Waals surface area contributed by atoms with Crippen molar-refractivity contribution in [3.05, 3.63) is 24.3 Å². The van der Waals surface area contributed by atoms with Crippen LogP contribution in [0.15, 0.2) is 24.3 Å². The van der Waals surface area contributed by atoms with Crippen molar-refractivity contribution in [3.8, 4) is 0 Å². The largest absolute Gasteiger partial charge is 0.453 e. The predicted molar refractivity (Wildman–Crippen MR) is 96.1 cm³/mol. The van der Waals surface area contributed by atoms with Crippen LogP contribution < -0.4 is 15.5 Å². The van der Waals surface area contributed by atoms with E-state index in [-0.39, 0.29) is 19.0 Å². The van der Waals surface area contributed by atoms with Crippen molar-refractivity contribution in [3.63, 3.8) is 0 Å². The number of carbonyl (C=O) groups excluding carboxylic acids is 3. The Morgan fingerprint density at radius 1 is 1.12 bits per heavy atom. The van der Waals surface area contributed by atoms with Crippen LogP contribution in [0.5, 0.6) is 0 Å². The van der Waals surface area contributed by atoms with Gasteiger partial charge in [0.15, 0.2) is 0 Å². The SMILES string of the molecule is COC(=O)NC(=O)CN(C)CC(=O)Nc1ccc(N2CCOCC2)cc1. The third-order valence-electron chi connectivity index (χ3n) is 3.78. The lowest BCUT2D eigenvalue weighted by Crippen LogP contribution is -2.41. The van der Waals surface area contributed by atoms with Crippen LogP contribution in [0.4, 0.5) is 16.2 Å². The van der Waals surface area contributed by atoms with E-state index >= 15 is 0 Å². The molecule has 0 radical (unpaired) electrons. The Hall–Kier alpha value is -2.65. The second kappa shape index (κ2) is 9.73. The van der Waals surface area contributed by atoms with Gasteiger partial charge in [-0.3, -0.25) is 19.8 Å². The highest BCUT2D eigenvalue weighted by Gasteiger charge is 2.14. The minimum atomic E-state index is -0.826. The molecule has 1 fully saturated rings. The van der Waals surface area contributed by atoms with Gasteiger partial charge in [-0.1, -0.05) is 0 Å². The second-order valence-electron chi connectivity index (χ2n) is 5.91. The molecule has 9 heteroatoms. The van der Waals surface area contributed by atoms with Gasteiger partial charge >= 0.3 is 6.09 Å². The lowest BCUT2D eigenvalue weighted by molar-refractivity contribution is -0.122. The fourth-order valence-corrected chi connectivity index (χ4v) is 2.53. The Morgan fingerprint density at radius 3 is 2.35 bits per heavy atom. The fraction of sp³-hybridized carbons (Fsp3) is 0.471. The quantitative estimate of drug-likeness (QED) is 0.748. The molecule has 0 aliphatic carbocycles. The Kier molecular flexibility index (Phi) is 7.37. The standard InChI is InChI=1S/C17H24N4O5/c1-20(12-16(23)19-17(24)25-2)11-15(22)18-13-3-5-14(6-4-13)21-7-9-26-10-8-21/h3-6H,7-12H2,1-2H3,(H,18,22)(H,19,23,24). The van der Waals surface area contributed by atoms with Crippen molar-refractivity contribution >= 4 is 29.3 Å². The van der Waals surface area contributed by atoms with Crippen molar-refractivity contribution in [2.75, 3.05) is 63.8 Å². The van der Waals surface area contributed by atoms with E-state index in [0.29, 0.717) is 18.9 Å². The molecule has 0 bridgehead atoms. The number of benzene rings is 1. The summed E-state index contributed by atoms with van der Waals surface area (Å²) >= 11 is 0. The van der Waals surface area contributed by atoms with Gasteiger partial charge in [0, 0.05) is 24.5 Å². The number of methoxy groups -OCH3 is 1. The highest BCUT2D eigenvalue weighted by Crippen LogP contribution is 2.18. The van der Waals surface area contributed by atoms with Crippen molar-refractivity contribution in [1.82, 2.24) is 10.2 Å². The second-order valence-corrected chi connectivity index (χ2v) is 5.91. The number of ether oxygens (including phenoxy) is 2. The average Bonchev–Trinajstić information content (AvgIpc) is 2.62. The molecule has 1 aliphatic heterocycles. The molecule has 2 rings (SSSR count). The van der Waals surface area contributed by atoms with E-state index in [0.717, 1.165) is 18.8 Å². The van der Waals surface area contributed by atoms with Gasteiger partial charge in [0.25, 0.3) is 0 Å². The summed E-state index contributed by atoms with van der Waals surface area (Å²) in [6, 6.07) is 7.59. The monoisotopic (exact) mass is 364 g/mol. The number of hydrogen-bond acceptors (Lipinski definition) is 7. The van der Waals surface area contributed by atoms with Gasteiger partial charge in [-0.2, -0.15) is 0 Å². The lowest BCUT2D eigenvalue weighted by Gasteiger charge is -2.28. The minimum absolute atomic E-state index is 0.0137. The molecule has 9 nitrogen and oxygen atoms in total. The van der Waals surface area contributed by atoms with Gasteiger partial charge in [0.05, 0.1) is 33.4 Å². The molecule has 2 N–H and O–H groups in total. The van der Waals surface area contributed by atoms with Gasteiger partial charge in [-0.05, 0) is 31.3 Å². The third-order valence-corrected chi connectivity index (χ3v) is 3.78. The first-order valence-electron chi connectivity index (χ1n) is 8.27. The van der Waals surface area contributed by atoms with Crippen LogP contribution >= 0.6 is 0 Å². The van der Waals surface area contributed by atoms with E-state index in [1.165, 1.54) is 12.0 Å². The van der Waals surface area contributed by atoms with Gasteiger partial charge in [0.1, 0.15) is 0 Å². The summed E-state index contributed by atoms with van der Waals surface area (Å²) in [6.07, 6.45) is -0.826. The fourth-order valence-electron chi connectivity index (χ4n) is 2.53. The summed E-state index contributed by atoms with van der Waals surface area (Å²) in [7, 11) is 2.78. The number of nitrogens with one attached hydrogen (secondary N) is 2. The molecule has 1 saturated heterocycles. The molecule has 142 valence electrons. The number of alkyl carbamates (subject to hydrolysis) is 1. The number of rotatable bonds is 6. The van der Waals surface area contributed by atoms with Crippen LogP contribution in [-0.4, -0.2) is 76.4 Å². The first-order valence-corrected chi connectivity index (χ1v) is 8.27. The van der Waals surface area contributed by atoms with E-state index in [1.807, 2.05) is 29.6 Å². The number of carbonyl (C=O) groups is 3. The molecular weight excluding hydrogens is 340 g/mol. The molecule has 26 heavy (non-hydrogen) atoms. The summed E-state index contributed by atoms with van der Waals surface area (Å²) in [6.45, 7) is 3.05. The summed E-state index contributed by atoms with van der Waals surface area (Å²) in [5, 5.41) is 4.81. The Bertz CT molecular complexity index is 629. The van der Waals surface area contributed by atoms with Crippen molar-refractivity contribution in [1.29, 1.82) is 0 Å². The zero-order valence-electron chi connectivity index (χ0n) is 15.0. The normalized spacial score (nSPS) is 14.0. The predicted octanol–water partition coefficient (Wildman–Crippen LogP) is 0.276. The average molecular weight is 364 g/mol.